The van der Waals surface area contributed by atoms with E-state index in [1.54, 1.807) is 18.3 Å². The Kier molecular flexibility index (Phi) is 8.34. The lowest BCUT2D eigenvalue weighted by atomic mass is 9.89. The molecule has 7 nitrogen and oxygen atoms in total. The molecule has 5 rings (SSSR count). The van der Waals surface area contributed by atoms with Crippen LogP contribution in [0.4, 0.5) is 16.3 Å². The summed E-state index contributed by atoms with van der Waals surface area (Å²) >= 11 is 0. The van der Waals surface area contributed by atoms with Crippen molar-refractivity contribution in [2.75, 3.05) is 10.2 Å². The van der Waals surface area contributed by atoms with Crippen LogP contribution in [0.3, 0.4) is 0 Å². The summed E-state index contributed by atoms with van der Waals surface area (Å²) in [6, 6.07) is 33.5. The van der Waals surface area contributed by atoms with E-state index < -0.39 is 0 Å². The van der Waals surface area contributed by atoms with Gasteiger partial charge in [-0.15, -0.1) is 0 Å². The minimum absolute atomic E-state index is 0.0514. The second-order valence-electron chi connectivity index (χ2n) is 9.95. The van der Waals surface area contributed by atoms with Crippen molar-refractivity contribution in [1.29, 1.82) is 10.5 Å². The maximum atomic E-state index is 13.6. The summed E-state index contributed by atoms with van der Waals surface area (Å²) in [5.74, 6) is 0.760. The van der Waals surface area contributed by atoms with Crippen molar-refractivity contribution < 1.29 is 4.79 Å². The summed E-state index contributed by atoms with van der Waals surface area (Å²) in [5, 5.41) is 24.9. The molecule has 0 aliphatic heterocycles. The SMILES string of the molecule is N#Cc1ccc(NC2CCC(N(C(=O)NCc3ccccc3)c3ccc(-c4cccc(C#N)c4)cc3)CC2)nc1. The third-order valence-corrected chi connectivity index (χ3v) is 7.28. The molecule has 0 radical (unpaired) electrons. The molecule has 2 N–H and O–H groups in total. The van der Waals surface area contributed by atoms with Crippen LogP contribution in [-0.2, 0) is 6.54 Å². The van der Waals surface area contributed by atoms with E-state index in [0.29, 0.717) is 17.7 Å². The molecule has 1 aliphatic rings. The van der Waals surface area contributed by atoms with Gasteiger partial charge in [-0.3, -0.25) is 4.90 Å². The minimum Gasteiger partial charge on any atom is -0.367 e. The number of hydrogen-bond acceptors (Lipinski definition) is 5. The number of hydrogen-bond donors (Lipinski definition) is 2. The number of urea groups is 1. The fourth-order valence-corrected chi connectivity index (χ4v) is 5.17. The highest BCUT2D eigenvalue weighted by Gasteiger charge is 2.30. The molecule has 0 bridgehead atoms. The lowest BCUT2D eigenvalue weighted by molar-refractivity contribution is 0.240. The van der Waals surface area contributed by atoms with Crippen LogP contribution in [-0.4, -0.2) is 23.1 Å². The molecule has 1 fully saturated rings. The third-order valence-electron chi connectivity index (χ3n) is 7.28. The average Bonchev–Trinajstić information content (AvgIpc) is 3.02. The van der Waals surface area contributed by atoms with E-state index in [-0.39, 0.29) is 18.1 Å². The van der Waals surface area contributed by atoms with Crippen LogP contribution in [0.1, 0.15) is 42.4 Å². The Bertz CT molecular complexity index is 1510. The van der Waals surface area contributed by atoms with Crippen LogP contribution in [0.25, 0.3) is 11.1 Å². The van der Waals surface area contributed by atoms with Crippen molar-refractivity contribution in [3.8, 4) is 23.3 Å². The lowest BCUT2D eigenvalue weighted by Crippen LogP contribution is -2.48. The van der Waals surface area contributed by atoms with E-state index in [0.717, 1.165) is 53.9 Å². The number of nitrogens with zero attached hydrogens (tertiary/aromatic N) is 4. The predicted molar refractivity (Wildman–Crippen MR) is 156 cm³/mol. The van der Waals surface area contributed by atoms with Crippen molar-refractivity contribution in [2.45, 2.75) is 44.3 Å². The van der Waals surface area contributed by atoms with E-state index in [1.165, 1.54) is 0 Å². The normalized spacial score (nSPS) is 16.2. The number of rotatable bonds is 7. The highest BCUT2D eigenvalue weighted by Crippen LogP contribution is 2.31. The molecule has 0 spiro atoms. The highest BCUT2D eigenvalue weighted by atomic mass is 16.2. The number of amides is 2. The van der Waals surface area contributed by atoms with E-state index >= 15 is 0 Å². The molecule has 7 heteroatoms. The molecule has 0 saturated heterocycles. The van der Waals surface area contributed by atoms with Crippen LogP contribution in [0.2, 0.25) is 0 Å². The van der Waals surface area contributed by atoms with Crippen LogP contribution in [0, 0.1) is 22.7 Å². The molecular formula is C33H30N6O. The number of anilines is 2. The summed E-state index contributed by atoms with van der Waals surface area (Å²) in [7, 11) is 0. The Morgan fingerprint density at radius 1 is 0.825 bits per heavy atom. The predicted octanol–water partition coefficient (Wildman–Crippen LogP) is 6.63. The maximum Gasteiger partial charge on any atom is 0.322 e. The van der Waals surface area contributed by atoms with Gasteiger partial charge in [0, 0.05) is 30.5 Å². The molecule has 2 amide bonds. The lowest BCUT2D eigenvalue weighted by Gasteiger charge is -2.37. The van der Waals surface area contributed by atoms with E-state index in [4.69, 9.17) is 5.26 Å². The van der Waals surface area contributed by atoms with Gasteiger partial charge in [0.05, 0.1) is 17.2 Å². The zero-order valence-electron chi connectivity index (χ0n) is 22.1. The number of pyridine rings is 1. The topological polar surface area (TPSA) is 105 Å². The summed E-state index contributed by atoms with van der Waals surface area (Å²) < 4.78 is 0. The Balaban J connectivity index is 1.31. The highest BCUT2D eigenvalue weighted by molar-refractivity contribution is 5.93. The summed E-state index contributed by atoms with van der Waals surface area (Å²) in [6.07, 6.45) is 5.06. The van der Waals surface area contributed by atoms with Gasteiger partial charge >= 0.3 is 6.03 Å². The van der Waals surface area contributed by atoms with Crippen molar-refractivity contribution in [1.82, 2.24) is 10.3 Å². The quantitative estimate of drug-likeness (QED) is 0.281. The van der Waals surface area contributed by atoms with Crippen molar-refractivity contribution in [2.24, 2.45) is 0 Å². The van der Waals surface area contributed by atoms with E-state index in [9.17, 15) is 10.1 Å². The largest absolute Gasteiger partial charge is 0.367 e. The fraction of sp³-hybridized carbons (Fsp3) is 0.212. The Labute approximate surface area is 234 Å². The molecule has 40 heavy (non-hydrogen) atoms. The number of nitriles is 2. The molecule has 198 valence electrons. The standard InChI is InChI=1S/C33H30N6O/c34-20-25-7-4-8-28(19-25)27-10-14-30(15-11-27)39(33(40)37-22-24-5-2-1-3-6-24)31-16-12-29(13-17-31)38-32-18-9-26(21-35)23-36-32/h1-11,14-15,18-19,23,29,31H,12-13,16-17,22H2,(H,36,38)(H,37,40). The zero-order valence-corrected chi connectivity index (χ0v) is 22.1. The second kappa shape index (κ2) is 12.6. The van der Waals surface area contributed by atoms with Gasteiger partial charge < -0.3 is 10.6 Å². The van der Waals surface area contributed by atoms with Crippen LogP contribution in [0.15, 0.2) is 97.2 Å². The first-order valence-corrected chi connectivity index (χ1v) is 13.5. The Morgan fingerprint density at radius 3 is 2.25 bits per heavy atom. The summed E-state index contributed by atoms with van der Waals surface area (Å²) in [5.41, 5.74) is 5.00. The van der Waals surface area contributed by atoms with Gasteiger partial charge in [-0.2, -0.15) is 10.5 Å². The molecule has 1 aromatic heterocycles. The van der Waals surface area contributed by atoms with Gasteiger partial charge in [0.25, 0.3) is 0 Å². The smallest absolute Gasteiger partial charge is 0.322 e. The number of benzene rings is 3. The van der Waals surface area contributed by atoms with Gasteiger partial charge in [0.2, 0.25) is 0 Å². The fourth-order valence-electron chi connectivity index (χ4n) is 5.17. The first-order valence-electron chi connectivity index (χ1n) is 13.5. The van der Waals surface area contributed by atoms with Crippen molar-refractivity contribution in [3.63, 3.8) is 0 Å². The number of carbonyl (C=O) groups is 1. The molecule has 1 heterocycles. The number of nitrogens with one attached hydrogen (secondary N) is 2. The zero-order chi connectivity index (χ0) is 27.7. The Morgan fingerprint density at radius 2 is 1.57 bits per heavy atom. The molecule has 4 aromatic rings. The first kappa shape index (κ1) is 26.5. The summed E-state index contributed by atoms with van der Waals surface area (Å²) in [6.45, 7) is 0.455. The van der Waals surface area contributed by atoms with Crippen LogP contribution >= 0.6 is 0 Å². The van der Waals surface area contributed by atoms with E-state index in [1.807, 2.05) is 83.8 Å². The molecule has 3 aromatic carbocycles. The number of carbonyl (C=O) groups excluding carboxylic acids is 1. The monoisotopic (exact) mass is 526 g/mol. The first-order chi connectivity index (χ1) is 19.6. The molecule has 1 saturated carbocycles. The van der Waals surface area contributed by atoms with Gasteiger partial charge in [-0.05, 0) is 78.8 Å². The minimum atomic E-state index is -0.117. The molecule has 0 atom stereocenters. The third kappa shape index (κ3) is 6.46. The summed E-state index contributed by atoms with van der Waals surface area (Å²) in [4.78, 5) is 19.9. The van der Waals surface area contributed by atoms with Crippen LogP contribution in [0.5, 0.6) is 0 Å². The van der Waals surface area contributed by atoms with Gasteiger partial charge in [0.1, 0.15) is 11.9 Å². The van der Waals surface area contributed by atoms with Crippen molar-refractivity contribution >= 4 is 17.5 Å². The van der Waals surface area contributed by atoms with E-state index in [2.05, 4.69) is 27.8 Å². The molecule has 1 aliphatic carbocycles. The van der Waals surface area contributed by atoms with Gasteiger partial charge in [0.15, 0.2) is 0 Å². The molecule has 0 unspecified atom stereocenters. The van der Waals surface area contributed by atoms with Crippen LogP contribution < -0.4 is 15.5 Å². The number of aromatic nitrogens is 1. The van der Waals surface area contributed by atoms with Gasteiger partial charge in [-0.25, -0.2) is 9.78 Å². The average molecular weight is 527 g/mol. The van der Waals surface area contributed by atoms with Gasteiger partial charge in [-0.1, -0.05) is 54.6 Å². The van der Waals surface area contributed by atoms with Crippen molar-refractivity contribution in [3.05, 3.63) is 114 Å². The Hall–Kier alpha value is -5.14. The maximum absolute atomic E-state index is 13.6. The molecular weight excluding hydrogens is 496 g/mol. The second-order valence-corrected chi connectivity index (χ2v) is 9.95.